The summed E-state index contributed by atoms with van der Waals surface area (Å²) in [7, 11) is 1.59. The van der Waals surface area contributed by atoms with Gasteiger partial charge in [0.1, 0.15) is 23.0 Å². The SMILES string of the molecule is COc1ccc(NC(=O)N2CCN(c3cc(Cl)nc(-n4ccnc4)n3)C(CC(=O)NCc3ccc4c(c3)OCO4)C2)cc1. The minimum absolute atomic E-state index is 0.110. The minimum atomic E-state index is -0.395. The molecule has 6 rings (SSSR count). The molecule has 0 saturated carbocycles. The van der Waals surface area contributed by atoms with E-state index in [9.17, 15) is 9.59 Å². The fourth-order valence-corrected chi connectivity index (χ4v) is 5.14. The van der Waals surface area contributed by atoms with Gasteiger partial charge in [-0.2, -0.15) is 4.98 Å². The third kappa shape index (κ3) is 6.56. The molecule has 222 valence electrons. The summed E-state index contributed by atoms with van der Waals surface area (Å²) in [4.78, 5) is 43.3. The number of nitrogens with one attached hydrogen (secondary N) is 2. The van der Waals surface area contributed by atoms with Crippen LogP contribution in [-0.2, 0) is 11.3 Å². The minimum Gasteiger partial charge on any atom is -0.497 e. The van der Waals surface area contributed by atoms with Crippen LogP contribution >= 0.6 is 11.6 Å². The predicted molar refractivity (Wildman–Crippen MR) is 158 cm³/mol. The monoisotopic (exact) mass is 604 g/mol. The van der Waals surface area contributed by atoms with Crippen molar-refractivity contribution in [2.75, 3.05) is 43.8 Å². The summed E-state index contributed by atoms with van der Waals surface area (Å²) >= 11 is 6.39. The molecule has 2 aliphatic rings. The first-order valence-corrected chi connectivity index (χ1v) is 14.0. The van der Waals surface area contributed by atoms with E-state index in [0.29, 0.717) is 54.3 Å². The van der Waals surface area contributed by atoms with Gasteiger partial charge in [-0.25, -0.2) is 14.8 Å². The fourth-order valence-electron chi connectivity index (χ4n) is 4.96. The first-order valence-electron chi connectivity index (χ1n) is 13.6. The highest BCUT2D eigenvalue weighted by Crippen LogP contribution is 2.32. The van der Waals surface area contributed by atoms with E-state index in [1.807, 2.05) is 23.1 Å². The number of hydrogen-bond donors (Lipinski definition) is 2. The first kappa shape index (κ1) is 28.1. The zero-order valence-electron chi connectivity index (χ0n) is 23.3. The van der Waals surface area contributed by atoms with Crippen molar-refractivity contribution in [3.8, 4) is 23.2 Å². The summed E-state index contributed by atoms with van der Waals surface area (Å²) in [6, 6.07) is 13.6. The Kier molecular flexibility index (Phi) is 8.13. The first-order chi connectivity index (χ1) is 20.9. The zero-order valence-corrected chi connectivity index (χ0v) is 24.0. The smallest absolute Gasteiger partial charge is 0.321 e. The van der Waals surface area contributed by atoms with Gasteiger partial charge >= 0.3 is 6.03 Å². The Balaban J connectivity index is 1.19. The maximum atomic E-state index is 13.2. The Morgan fingerprint density at radius 1 is 1.07 bits per heavy atom. The lowest BCUT2D eigenvalue weighted by Gasteiger charge is -2.42. The second kappa shape index (κ2) is 12.4. The van der Waals surface area contributed by atoms with Gasteiger partial charge in [0.2, 0.25) is 18.6 Å². The van der Waals surface area contributed by atoms with Crippen molar-refractivity contribution >= 4 is 35.0 Å². The molecule has 2 aliphatic heterocycles. The van der Waals surface area contributed by atoms with Crippen LogP contribution < -0.4 is 29.7 Å². The molecule has 4 heterocycles. The number of anilines is 2. The number of nitrogens with zero attached hydrogens (tertiary/aromatic N) is 6. The Morgan fingerprint density at radius 2 is 1.91 bits per heavy atom. The summed E-state index contributed by atoms with van der Waals surface area (Å²) in [6.07, 6.45) is 5.03. The zero-order chi connectivity index (χ0) is 29.8. The van der Waals surface area contributed by atoms with Gasteiger partial charge in [0.15, 0.2) is 11.5 Å². The largest absolute Gasteiger partial charge is 0.497 e. The average molecular weight is 605 g/mol. The van der Waals surface area contributed by atoms with Crippen LogP contribution in [0.2, 0.25) is 5.15 Å². The van der Waals surface area contributed by atoms with Crippen LogP contribution in [0.4, 0.5) is 16.3 Å². The number of piperazine rings is 1. The number of ether oxygens (including phenoxy) is 3. The molecule has 2 aromatic heterocycles. The summed E-state index contributed by atoms with van der Waals surface area (Å²) in [6.45, 7) is 1.60. The van der Waals surface area contributed by atoms with Crippen LogP contribution in [0.5, 0.6) is 17.2 Å². The molecule has 0 spiro atoms. The van der Waals surface area contributed by atoms with Gasteiger partial charge in [-0.05, 0) is 42.0 Å². The van der Waals surface area contributed by atoms with E-state index < -0.39 is 6.04 Å². The third-order valence-corrected chi connectivity index (χ3v) is 7.35. The number of carbonyl (C=O) groups is 2. The predicted octanol–water partition coefficient (Wildman–Crippen LogP) is 3.48. The van der Waals surface area contributed by atoms with Gasteiger partial charge in [-0.15, -0.1) is 0 Å². The number of hydrogen-bond acceptors (Lipinski definition) is 9. The van der Waals surface area contributed by atoms with Crippen molar-refractivity contribution < 1.29 is 23.8 Å². The summed E-state index contributed by atoms with van der Waals surface area (Å²) in [5.74, 6) is 2.74. The lowest BCUT2D eigenvalue weighted by Crippen LogP contribution is -2.57. The fraction of sp³-hybridized carbons (Fsp3) is 0.276. The van der Waals surface area contributed by atoms with Crippen LogP contribution in [0.15, 0.2) is 67.3 Å². The maximum Gasteiger partial charge on any atom is 0.321 e. The second-order valence-corrected chi connectivity index (χ2v) is 10.3. The quantitative estimate of drug-likeness (QED) is 0.290. The molecule has 4 aromatic rings. The molecule has 0 bridgehead atoms. The Bertz CT molecular complexity index is 1600. The van der Waals surface area contributed by atoms with Gasteiger partial charge in [0, 0.05) is 56.7 Å². The molecular weight excluding hydrogens is 576 g/mol. The molecule has 13 nitrogen and oxygen atoms in total. The van der Waals surface area contributed by atoms with E-state index in [1.54, 1.807) is 65.6 Å². The van der Waals surface area contributed by atoms with Crippen LogP contribution in [0, 0.1) is 0 Å². The lowest BCUT2D eigenvalue weighted by atomic mass is 10.1. The molecule has 1 atom stereocenters. The summed E-state index contributed by atoms with van der Waals surface area (Å²) < 4.78 is 17.7. The maximum absolute atomic E-state index is 13.2. The number of methoxy groups -OCH3 is 1. The van der Waals surface area contributed by atoms with Gasteiger partial charge in [-0.1, -0.05) is 17.7 Å². The molecule has 1 fully saturated rings. The lowest BCUT2D eigenvalue weighted by molar-refractivity contribution is -0.121. The van der Waals surface area contributed by atoms with E-state index in [4.69, 9.17) is 30.8 Å². The van der Waals surface area contributed by atoms with E-state index >= 15 is 0 Å². The Morgan fingerprint density at radius 3 is 2.70 bits per heavy atom. The number of carbonyl (C=O) groups excluding carboxylic acids is 2. The molecule has 43 heavy (non-hydrogen) atoms. The van der Waals surface area contributed by atoms with Gasteiger partial charge in [0.25, 0.3) is 0 Å². The molecule has 0 radical (unpaired) electrons. The molecule has 2 aromatic carbocycles. The topological polar surface area (TPSA) is 136 Å². The second-order valence-electron chi connectivity index (χ2n) is 9.94. The van der Waals surface area contributed by atoms with Crippen LogP contribution in [0.3, 0.4) is 0 Å². The van der Waals surface area contributed by atoms with Crippen molar-refractivity contribution in [1.82, 2.24) is 29.7 Å². The van der Waals surface area contributed by atoms with Gasteiger partial charge < -0.3 is 34.6 Å². The molecule has 14 heteroatoms. The van der Waals surface area contributed by atoms with Crippen molar-refractivity contribution in [2.45, 2.75) is 19.0 Å². The molecular formula is C29H29ClN8O5. The van der Waals surface area contributed by atoms with Gasteiger partial charge in [0.05, 0.1) is 13.2 Å². The number of amides is 3. The van der Waals surface area contributed by atoms with Crippen molar-refractivity contribution in [1.29, 1.82) is 0 Å². The number of rotatable bonds is 8. The number of benzene rings is 2. The summed E-state index contributed by atoms with van der Waals surface area (Å²) in [5.41, 5.74) is 1.52. The average Bonchev–Trinajstić information content (AvgIpc) is 3.73. The van der Waals surface area contributed by atoms with E-state index in [2.05, 4.69) is 20.6 Å². The molecule has 1 saturated heterocycles. The highest BCUT2D eigenvalue weighted by Gasteiger charge is 2.33. The van der Waals surface area contributed by atoms with Crippen LogP contribution in [0.1, 0.15) is 12.0 Å². The number of fused-ring (bicyclic) bond motifs is 1. The van der Waals surface area contributed by atoms with Crippen molar-refractivity contribution in [2.24, 2.45) is 0 Å². The standard InChI is InChI=1S/C29H29ClN8O5/c1-41-22-5-3-20(4-6-22)33-29(40)36-10-11-38(26-14-25(30)34-28(35-26)37-9-8-31-17-37)21(16-36)13-27(39)32-15-19-2-7-23-24(12-19)43-18-42-23/h2-9,12,14,17,21H,10-11,13,15-16,18H2,1H3,(H,32,39)(H,33,40). The van der Waals surface area contributed by atoms with Crippen molar-refractivity contribution in [3.05, 3.63) is 78.0 Å². The Hall–Kier alpha value is -5.04. The molecule has 2 N–H and O–H groups in total. The van der Waals surface area contributed by atoms with Crippen LogP contribution in [0.25, 0.3) is 5.95 Å². The number of urea groups is 1. The third-order valence-electron chi connectivity index (χ3n) is 7.16. The van der Waals surface area contributed by atoms with E-state index in [1.165, 1.54) is 0 Å². The Labute approximate surface area is 252 Å². The number of aromatic nitrogens is 4. The van der Waals surface area contributed by atoms with Crippen LogP contribution in [-0.4, -0.2) is 75.9 Å². The van der Waals surface area contributed by atoms with Gasteiger partial charge in [-0.3, -0.25) is 9.36 Å². The molecule has 3 amide bonds. The van der Waals surface area contributed by atoms with Crippen molar-refractivity contribution in [3.63, 3.8) is 0 Å². The normalized spacial score (nSPS) is 15.7. The highest BCUT2D eigenvalue weighted by molar-refractivity contribution is 6.29. The molecule has 1 unspecified atom stereocenters. The number of halogens is 1. The van der Waals surface area contributed by atoms with E-state index in [0.717, 1.165) is 5.56 Å². The summed E-state index contributed by atoms with van der Waals surface area (Å²) in [5, 5.41) is 6.16. The molecule has 0 aliphatic carbocycles. The van der Waals surface area contributed by atoms with E-state index in [-0.39, 0.29) is 36.8 Å². The highest BCUT2D eigenvalue weighted by atomic mass is 35.5. The number of imidazole rings is 1.